The van der Waals surface area contributed by atoms with Gasteiger partial charge in [-0.05, 0) is 54.2 Å². The van der Waals surface area contributed by atoms with Crippen molar-refractivity contribution in [1.82, 2.24) is 9.62 Å². The third-order valence-electron chi connectivity index (χ3n) is 7.24. The summed E-state index contributed by atoms with van der Waals surface area (Å²) in [5.41, 5.74) is 9.98. The smallest absolute Gasteiger partial charge is 0.407 e. The van der Waals surface area contributed by atoms with E-state index in [4.69, 9.17) is 10.5 Å². The minimum absolute atomic E-state index is 0.0681. The molecule has 2 aliphatic rings. The van der Waals surface area contributed by atoms with Crippen LogP contribution in [0.25, 0.3) is 16.0 Å². The van der Waals surface area contributed by atoms with Gasteiger partial charge >= 0.3 is 6.09 Å². The molecule has 10 heteroatoms. The molecule has 3 aromatic rings. The number of nitrogens with zero attached hydrogens (tertiary/aromatic N) is 1. The highest BCUT2D eigenvalue weighted by Gasteiger charge is 2.44. The topological polar surface area (TPSA) is 136 Å². The molecule has 3 aromatic carbocycles. The van der Waals surface area contributed by atoms with Gasteiger partial charge in [0.15, 0.2) is 0 Å². The maximum Gasteiger partial charge on any atom is 0.407 e. The number of fused-ring (bicyclic) bond motifs is 3. The normalized spacial score (nSPS) is 16.5. The Morgan fingerprint density at radius 2 is 1.51 bits per heavy atom. The summed E-state index contributed by atoms with van der Waals surface area (Å²) in [6, 6.07) is 21.3. The minimum atomic E-state index is -4.01. The van der Waals surface area contributed by atoms with Gasteiger partial charge in [0, 0.05) is 18.4 Å². The third kappa shape index (κ3) is 5.35. The number of nitrogens with one attached hydrogen (secondary N) is 1. The average molecular weight is 574 g/mol. The second-order valence-corrected chi connectivity index (χ2v) is 12.9. The highest BCUT2D eigenvalue weighted by Crippen LogP contribution is 2.44. The molecule has 0 aromatic heterocycles. The van der Waals surface area contributed by atoms with Gasteiger partial charge in [-0.2, -0.15) is 0 Å². The quantitative estimate of drug-likeness (QED) is 0.440. The van der Waals surface area contributed by atoms with E-state index >= 15 is 0 Å². The Labute approximate surface area is 239 Å². The summed E-state index contributed by atoms with van der Waals surface area (Å²) in [4.78, 5) is 37.2. The van der Waals surface area contributed by atoms with Crippen LogP contribution in [0.2, 0.25) is 0 Å². The van der Waals surface area contributed by atoms with Gasteiger partial charge < -0.3 is 15.8 Å². The molecule has 5 rings (SSSR count). The zero-order valence-corrected chi connectivity index (χ0v) is 23.8. The zero-order chi connectivity index (χ0) is 29.5. The summed E-state index contributed by atoms with van der Waals surface area (Å²) < 4.78 is 32.5. The predicted octanol–water partition coefficient (Wildman–Crippen LogP) is 3.93. The Morgan fingerprint density at radius 1 is 0.951 bits per heavy atom. The van der Waals surface area contributed by atoms with Gasteiger partial charge in [0.1, 0.15) is 17.6 Å². The molecule has 0 spiro atoms. The van der Waals surface area contributed by atoms with Crippen LogP contribution in [-0.4, -0.2) is 48.8 Å². The van der Waals surface area contributed by atoms with Crippen molar-refractivity contribution < 1.29 is 27.5 Å². The van der Waals surface area contributed by atoms with Gasteiger partial charge in [-0.3, -0.25) is 9.59 Å². The van der Waals surface area contributed by atoms with Gasteiger partial charge in [0.05, 0.1) is 5.54 Å². The van der Waals surface area contributed by atoms with Gasteiger partial charge in [-0.25, -0.2) is 17.5 Å². The van der Waals surface area contributed by atoms with Gasteiger partial charge in [-0.1, -0.05) is 72.8 Å². The largest absolute Gasteiger partial charge is 0.449 e. The van der Waals surface area contributed by atoms with E-state index in [1.54, 1.807) is 45.0 Å². The van der Waals surface area contributed by atoms with Crippen LogP contribution in [0.1, 0.15) is 48.9 Å². The van der Waals surface area contributed by atoms with E-state index in [1.807, 2.05) is 48.5 Å². The molecular formula is C31H31N3O6S. The summed E-state index contributed by atoms with van der Waals surface area (Å²) in [5, 5.41) is 2.55. The van der Waals surface area contributed by atoms with E-state index in [2.05, 4.69) is 5.32 Å². The molecule has 0 saturated carbocycles. The van der Waals surface area contributed by atoms with Crippen LogP contribution in [0.3, 0.4) is 0 Å². The highest BCUT2D eigenvalue weighted by molar-refractivity contribution is 7.99. The monoisotopic (exact) mass is 573 g/mol. The number of amides is 3. The first-order chi connectivity index (χ1) is 19.4. The number of sulfonamides is 1. The number of hydrogen-bond donors (Lipinski definition) is 2. The van der Waals surface area contributed by atoms with Crippen LogP contribution < -0.4 is 11.1 Å². The van der Waals surface area contributed by atoms with Crippen LogP contribution in [0.15, 0.2) is 78.9 Å². The number of carbonyl (C=O) groups is 3. The Hall–Kier alpha value is -4.44. The van der Waals surface area contributed by atoms with Crippen molar-refractivity contribution in [2.24, 2.45) is 5.73 Å². The molecule has 3 N–H and O–H groups in total. The fourth-order valence-corrected chi connectivity index (χ4v) is 7.32. The SMILES string of the molecule is CC(C)(C)N1C(=O)C=C(c2ccc(C[C@H](NC(=O)OCC3c4ccccc4-c4ccccc43)C(N)=O)cc2)S1(=O)=O. The van der Waals surface area contributed by atoms with Crippen LogP contribution >= 0.6 is 0 Å². The lowest BCUT2D eigenvalue weighted by atomic mass is 9.98. The van der Waals surface area contributed by atoms with Crippen molar-refractivity contribution in [3.8, 4) is 11.1 Å². The van der Waals surface area contributed by atoms with Crippen molar-refractivity contribution in [3.63, 3.8) is 0 Å². The summed E-state index contributed by atoms with van der Waals surface area (Å²) >= 11 is 0. The number of alkyl carbamates (subject to hydrolysis) is 1. The number of hydrogen-bond acceptors (Lipinski definition) is 6. The maximum absolute atomic E-state index is 13.0. The fraction of sp³-hybridized carbons (Fsp3) is 0.258. The molecule has 3 amide bonds. The molecule has 41 heavy (non-hydrogen) atoms. The number of rotatable bonds is 7. The number of primary amides is 1. The molecule has 9 nitrogen and oxygen atoms in total. The standard InChI is InChI=1S/C31H31N3O6S/c1-31(2,3)34-28(35)17-27(41(34,38)39)20-14-12-19(13-15-20)16-26(29(32)36)33-30(37)40-18-25-23-10-6-4-8-21(23)22-9-5-7-11-24(22)25/h4-15,17,25-26H,16,18H2,1-3H3,(H2,32,36)(H,33,37)/t26-/m0/s1. The number of benzene rings is 3. The first kappa shape index (κ1) is 28.1. The maximum atomic E-state index is 13.0. The number of ether oxygens (including phenoxy) is 1. The van der Waals surface area contributed by atoms with Gasteiger partial charge in [-0.15, -0.1) is 0 Å². The molecule has 0 unspecified atom stereocenters. The lowest BCUT2D eigenvalue weighted by Gasteiger charge is -2.30. The molecule has 0 fully saturated rings. The molecule has 1 heterocycles. The summed E-state index contributed by atoms with van der Waals surface area (Å²) in [5.74, 6) is -1.47. The summed E-state index contributed by atoms with van der Waals surface area (Å²) in [6.45, 7) is 5.04. The molecule has 0 saturated heterocycles. The van der Waals surface area contributed by atoms with Crippen LogP contribution in [0, 0.1) is 0 Å². The Balaban J connectivity index is 1.24. The molecule has 212 valence electrons. The second-order valence-electron chi connectivity index (χ2n) is 11.1. The molecule has 1 aliphatic carbocycles. The lowest BCUT2D eigenvalue weighted by Crippen LogP contribution is -2.46. The Kier molecular flexibility index (Phi) is 7.21. The van der Waals surface area contributed by atoms with Crippen molar-refractivity contribution >= 4 is 32.8 Å². The van der Waals surface area contributed by atoms with Crippen LogP contribution in [0.5, 0.6) is 0 Å². The van der Waals surface area contributed by atoms with Crippen molar-refractivity contribution in [1.29, 1.82) is 0 Å². The fourth-order valence-electron chi connectivity index (χ4n) is 5.43. The van der Waals surface area contributed by atoms with Crippen molar-refractivity contribution in [3.05, 3.63) is 101 Å². The van der Waals surface area contributed by atoms with E-state index in [-0.39, 0.29) is 23.9 Å². The zero-order valence-electron chi connectivity index (χ0n) is 23.0. The van der Waals surface area contributed by atoms with Crippen LogP contribution in [-0.2, 0) is 30.8 Å². The van der Waals surface area contributed by atoms with E-state index in [0.29, 0.717) is 11.1 Å². The van der Waals surface area contributed by atoms with Gasteiger partial charge in [0.25, 0.3) is 15.9 Å². The Bertz CT molecular complexity index is 1630. The number of carbonyl (C=O) groups excluding carboxylic acids is 3. The van der Waals surface area contributed by atoms with E-state index < -0.39 is 39.5 Å². The first-order valence-electron chi connectivity index (χ1n) is 13.2. The van der Waals surface area contributed by atoms with Crippen molar-refractivity contribution in [2.45, 2.75) is 44.7 Å². The van der Waals surface area contributed by atoms with E-state index in [9.17, 15) is 22.8 Å². The molecule has 1 aliphatic heterocycles. The van der Waals surface area contributed by atoms with E-state index in [0.717, 1.165) is 32.6 Å². The van der Waals surface area contributed by atoms with Crippen LogP contribution in [0.4, 0.5) is 4.79 Å². The molecular weight excluding hydrogens is 542 g/mol. The Morgan fingerprint density at radius 3 is 2.02 bits per heavy atom. The molecule has 1 atom stereocenters. The molecule has 0 radical (unpaired) electrons. The van der Waals surface area contributed by atoms with Gasteiger partial charge in [0.2, 0.25) is 5.91 Å². The van der Waals surface area contributed by atoms with Crippen molar-refractivity contribution in [2.75, 3.05) is 6.61 Å². The summed E-state index contributed by atoms with van der Waals surface area (Å²) in [7, 11) is -4.01. The molecule has 0 bridgehead atoms. The minimum Gasteiger partial charge on any atom is -0.449 e. The average Bonchev–Trinajstić information content (AvgIpc) is 3.37. The lowest BCUT2D eigenvalue weighted by molar-refractivity contribution is -0.124. The highest BCUT2D eigenvalue weighted by atomic mass is 32.2. The summed E-state index contributed by atoms with van der Waals surface area (Å²) in [6.07, 6.45) is 0.411. The number of nitrogens with two attached hydrogens (primary N) is 1. The first-order valence-corrected chi connectivity index (χ1v) is 14.6. The van der Waals surface area contributed by atoms with E-state index in [1.165, 1.54) is 0 Å². The third-order valence-corrected chi connectivity index (χ3v) is 9.36. The predicted molar refractivity (Wildman–Crippen MR) is 155 cm³/mol. The second kappa shape index (κ2) is 10.5.